The van der Waals surface area contributed by atoms with Gasteiger partial charge < -0.3 is 23.8 Å². The fourth-order valence-corrected chi connectivity index (χ4v) is 3.92. The van der Waals surface area contributed by atoms with E-state index in [1.807, 2.05) is 24.3 Å². The number of likely N-dealkylation sites (N-methyl/N-ethyl adjacent to an activating group) is 1. The normalized spacial score (nSPS) is 15.6. The van der Waals surface area contributed by atoms with E-state index in [0.717, 1.165) is 53.6 Å². The van der Waals surface area contributed by atoms with Crippen molar-refractivity contribution in [2.24, 2.45) is 0 Å². The van der Waals surface area contributed by atoms with E-state index in [2.05, 4.69) is 56.9 Å². The molecule has 1 heterocycles. The second-order valence-corrected chi connectivity index (χ2v) is 8.22. The molecule has 2 aromatic rings. The third kappa shape index (κ3) is 5.60. The van der Waals surface area contributed by atoms with Crippen LogP contribution in [0.4, 0.5) is 0 Å². The molecule has 5 nitrogen and oxygen atoms in total. The lowest BCUT2D eigenvalue weighted by Gasteiger charge is -2.34. The third-order valence-corrected chi connectivity index (χ3v) is 5.66. The van der Waals surface area contributed by atoms with Crippen LogP contribution in [-0.2, 0) is 4.74 Å². The highest BCUT2D eigenvalue weighted by atomic mass is 16.5. The van der Waals surface area contributed by atoms with Gasteiger partial charge in [0.2, 0.25) is 0 Å². The Morgan fingerprint density at radius 2 is 1.58 bits per heavy atom. The highest BCUT2D eigenvalue weighted by Crippen LogP contribution is 2.45. The van der Waals surface area contributed by atoms with Crippen LogP contribution in [-0.4, -0.2) is 51.0 Å². The quantitative estimate of drug-likeness (QED) is 0.513. The monoisotopic (exact) mass is 425 g/mol. The molecule has 0 saturated carbocycles. The van der Waals surface area contributed by atoms with E-state index in [1.165, 1.54) is 0 Å². The molecular weight excluding hydrogens is 390 g/mol. The molecule has 0 spiro atoms. The fraction of sp³-hybridized carbons (Fsp3) is 0.462. The molecule has 0 bridgehead atoms. The van der Waals surface area contributed by atoms with E-state index < -0.39 is 5.60 Å². The van der Waals surface area contributed by atoms with Gasteiger partial charge in [-0.3, -0.25) is 0 Å². The Morgan fingerprint density at radius 3 is 2.19 bits per heavy atom. The van der Waals surface area contributed by atoms with Gasteiger partial charge in [-0.1, -0.05) is 26.0 Å². The number of hydrogen-bond acceptors (Lipinski definition) is 5. The maximum absolute atomic E-state index is 6.54. The molecular formula is C26H35NO4. The van der Waals surface area contributed by atoms with Crippen LogP contribution in [0, 0.1) is 0 Å². The first-order valence-corrected chi connectivity index (χ1v) is 11.0. The summed E-state index contributed by atoms with van der Waals surface area (Å²) in [7, 11) is 3.35. The Bertz CT molecular complexity index is 885. The van der Waals surface area contributed by atoms with E-state index in [0.29, 0.717) is 6.61 Å². The van der Waals surface area contributed by atoms with Crippen molar-refractivity contribution in [2.75, 3.05) is 40.5 Å². The van der Waals surface area contributed by atoms with Crippen molar-refractivity contribution in [2.45, 2.75) is 39.4 Å². The average molecular weight is 426 g/mol. The highest BCUT2D eigenvalue weighted by Gasteiger charge is 2.32. The Labute approximate surface area is 186 Å². The summed E-state index contributed by atoms with van der Waals surface area (Å²) in [6.45, 7) is 12.0. The van der Waals surface area contributed by atoms with Crippen molar-refractivity contribution in [1.29, 1.82) is 0 Å². The fourth-order valence-electron chi connectivity index (χ4n) is 3.92. The zero-order valence-corrected chi connectivity index (χ0v) is 19.6. The van der Waals surface area contributed by atoms with Crippen molar-refractivity contribution < 1.29 is 18.9 Å². The molecule has 0 N–H and O–H groups in total. The van der Waals surface area contributed by atoms with Crippen LogP contribution >= 0.6 is 0 Å². The number of ether oxygens (including phenoxy) is 4. The molecule has 1 aliphatic rings. The number of methoxy groups -OCH3 is 2. The van der Waals surface area contributed by atoms with Crippen LogP contribution in [0.25, 0.3) is 5.57 Å². The van der Waals surface area contributed by atoms with Crippen molar-refractivity contribution in [3.05, 3.63) is 59.7 Å². The van der Waals surface area contributed by atoms with Gasteiger partial charge in [0.25, 0.3) is 0 Å². The standard InChI is InChI=1S/C26H35NO4/c1-7-27(8-2)15-16-30-25(19-9-11-20(28-5)12-10-19)23-18-26(3,4)31-24-17-21(29-6)13-14-22(23)24/h9-14,17-18,25H,7-8,15-16H2,1-6H3. The topological polar surface area (TPSA) is 40.2 Å². The van der Waals surface area contributed by atoms with E-state index in [9.17, 15) is 0 Å². The molecule has 0 saturated heterocycles. The minimum atomic E-state index is -0.457. The van der Waals surface area contributed by atoms with E-state index in [4.69, 9.17) is 18.9 Å². The van der Waals surface area contributed by atoms with Gasteiger partial charge in [-0.15, -0.1) is 0 Å². The number of nitrogens with zero attached hydrogens (tertiary/aromatic N) is 1. The number of benzene rings is 2. The second kappa shape index (κ2) is 10.2. The van der Waals surface area contributed by atoms with Gasteiger partial charge in [-0.25, -0.2) is 0 Å². The molecule has 0 fully saturated rings. The summed E-state index contributed by atoms with van der Waals surface area (Å²) in [6.07, 6.45) is 1.96. The smallest absolute Gasteiger partial charge is 0.131 e. The zero-order valence-electron chi connectivity index (χ0n) is 19.6. The molecule has 1 unspecified atom stereocenters. The van der Waals surface area contributed by atoms with Gasteiger partial charge in [0.1, 0.15) is 29.0 Å². The number of rotatable bonds is 10. The SMILES string of the molecule is CCN(CC)CCOC(C1=CC(C)(C)Oc2cc(OC)ccc21)c1ccc(OC)cc1. The van der Waals surface area contributed by atoms with E-state index in [1.54, 1.807) is 14.2 Å². The van der Waals surface area contributed by atoms with Gasteiger partial charge in [0.15, 0.2) is 0 Å². The van der Waals surface area contributed by atoms with Crippen LogP contribution in [0.1, 0.15) is 44.9 Å². The van der Waals surface area contributed by atoms with Crippen LogP contribution in [0.3, 0.4) is 0 Å². The van der Waals surface area contributed by atoms with Gasteiger partial charge in [0, 0.05) is 18.2 Å². The zero-order chi connectivity index (χ0) is 22.4. The molecule has 168 valence electrons. The molecule has 0 aromatic heterocycles. The minimum Gasteiger partial charge on any atom is -0.497 e. The Morgan fingerprint density at radius 1 is 0.935 bits per heavy atom. The molecule has 1 atom stereocenters. The first-order valence-electron chi connectivity index (χ1n) is 11.0. The first kappa shape index (κ1) is 23.2. The van der Waals surface area contributed by atoms with Gasteiger partial charge >= 0.3 is 0 Å². The Balaban J connectivity index is 1.99. The van der Waals surface area contributed by atoms with E-state index in [-0.39, 0.29) is 6.10 Å². The summed E-state index contributed by atoms with van der Waals surface area (Å²) in [5.74, 6) is 2.42. The van der Waals surface area contributed by atoms with Gasteiger partial charge in [0.05, 0.1) is 20.8 Å². The number of fused-ring (bicyclic) bond motifs is 1. The van der Waals surface area contributed by atoms with Crippen LogP contribution < -0.4 is 14.2 Å². The summed E-state index contributed by atoms with van der Waals surface area (Å²) in [5.41, 5.74) is 2.77. The molecule has 0 radical (unpaired) electrons. The van der Waals surface area contributed by atoms with Crippen LogP contribution in [0.2, 0.25) is 0 Å². The Kier molecular flexibility index (Phi) is 7.63. The maximum Gasteiger partial charge on any atom is 0.131 e. The molecule has 3 rings (SSSR count). The molecule has 5 heteroatoms. The summed E-state index contributed by atoms with van der Waals surface area (Å²) >= 11 is 0. The predicted molar refractivity (Wildman–Crippen MR) is 125 cm³/mol. The molecule has 31 heavy (non-hydrogen) atoms. The maximum atomic E-state index is 6.54. The van der Waals surface area contributed by atoms with Crippen LogP contribution in [0.15, 0.2) is 48.5 Å². The average Bonchev–Trinajstić information content (AvgIpc) is 2.78. The van der Waals surface area contributed by atoms with Gasteiger partial charge in [-0.05, 0) is 68.4 Å². The second-order valence-electron chi connectivity index (χ2n) is 8.22. The summed E-state index contributed by atoms with van der Waals surface area (Å²) in [4.78, 5) is 2.37. The summed E-state index contributed by atoms with van der Waals surface area (Å²) in [5, 5.41) is 0. The predicted octanol–water partition coefficient (Wildman–Crippen LogP) is 5.36. The van der Waals surface area contributed by atoms with Crippen molar-refractivity contribution in [1.82, 2.24) is 4.90 Å². The minimum absolute atomic E-state index is 0.211. The molecule has 1 aliphatic heterocycles. The molecule has 0 aliphatic carbocycles. The largest absolute Gasteiger partial charge is 0.497 e. The summed E-state index contributed by atoms with van der Waals surface area (Å²) < 4.78 is 23.6. The molecule has 0 amide bonds. The first-order chi connectivity index (χ1) is 14.9. The van der Waals surface area contributed by atoms with Gasteiger partial charge in [-0.2, -0.15) is 0 Å². The highest BCUT2D eigenvalue weighted by molar-refractivity contribution is 5.77. The van der Waals surface area contributed by atoms with Crippen LogP contribution in [0.5, 0.6) is 17.2 Å². The van der Waals surface area contributed by atoms with Crippen molar-refractivity contribution in [3.8, 4) is 17.2 Å². The lowest BCUT2D eigenvalue weighted by Crippen LogP contribution is -2.31. The molecule has 2 aromatic carbocycles. The van der Waals surface area contributed by atoms with Crippen molar-refractivity contribution >= 4 is 5.57 Å². The third-order valence-electron chi connectivity index (χ3n) is 5.66. The lowest BCUT2D eigenvalue weighted by molar-refractivity contribution is 0.0688. The Hall–Kier alpha value is -2.50. The lowest BCUT2D eigenvalue weighted by atomic mass is 9.88. The van der Waals surface area contributed by atoms with E-state index >= 15 is 0 Å². The summed E-state index contributed by atoms with van der Waals surface area (Å²) in [6, 6.07) is 14.1. The number of hydrogen-bond donors (Lipinski definition) is 0. The van der Waals surface area contributed by atoms with Crippen molar-refractivity contribution in [3.63, 3.8) is 0 Å².